The molecule has 1 unspecified atom stereocenters. The Morgan fingerprint density at radius 2 is 1.78 bits per heavy atom. The number of ether oxygens (including phenoxy) is 3. The van der Waals surface area contributed by atoms with Gasteiger partial charge in [0, 0.05) is 23.5 Å². The van der Waals surface area contributed by atoms with Crippen molar-refractivity contribution < 1.29 is 33.8 Å². The van der Waals surface area contributed by atoms with Crippen molar-refractivity contribution in [3.63, 3.8) is 0 Å². The number of phenols is 1. The van der Waals surface area contributed by atoms with E-state index >= 15 is 0 Å². The number of carbonyl (C=O) groups is 2. The summed E-state index contributed by atoms with van der Waals surface area (Å²) in [6.45, 7) is 3.24. The third-order valence-corrected chi connectivity index (χ3v) is 5.62. The highest BCUT2D eigenvalue weighted by Gasteiger charge is 2.38. The SMILES string of the molecule is COC(=O)C1=C(C)NC(C)=C(C(=O)OC/C=C/c2ccc(O)c(OC)c2)C1c1cccc([N+](=O)[O-])c1. The molecule has 1 atom stereocenters. The van der Waals surface area contributed by atoms with Crippen LogP contribution in [0.1, 0.15) is 30.9 Å². The fourth-order valence-corrected chi connectivity index (χ4v) is 3.98. The molecule has 2 N–H and O–H groups in total. The normalized spacial score (nSPS) is 15.5. The summed E-state index contributed by atoms with van der Waals surface area (Å²) >= 11 is 0. The van der Waals surface area contributed by atoms with Crippen molar-refractivity contribution in [1.82, 2.24) is 5.32 Å². The van der Waals surface area contributed by atoms with E-state index in [-0.39, 0.29) is 29.2 Å². The van der Waals surface area contributed by atoms with Gasteiger partial charge in [0.1, 0.15) is 6.61 Å². The Morgan fingerprint density at radius 1 is 1.08 bits per heavy atom. The quantitative estimate of drug-likeness (QED) is 0.317. The number of nitrogens with one attached hydrogen (secondary N) is 1. The van der Waals surface area contributed by atoms with Gasteiger partial charge in [-0.25, -0.2) is 9.59 Å². The highest BCUT2D eigenvalue weighted by Crippen LogP contribution is 2.40. The molecule has 10 heteroatoms. The largest absolute Gasteiger partial charge is 0.504 e. The molecule has 0 amide bonds. The van der Waals surface area contributed by atoms with Gasteiger partial charge in [0.05, 0.1) is 36.2 Å². The average Bonchev–Trinajstić information content (AvgIpc) is 2.86. The number of nitrogens with zero attached hydrogens (tertiary/aromatic N) is 1. The van der Waals surface area contributed by atoms with Crippen molar-refractivity contribution in [2.24, 2.45) is 0 Å². The van der Waals surface area contributed by atoms with Crippen LogP contribution >= 0.6 is 0 Å². The van der Waals surface area contributed by atoms with Gasteiger partial charge < -0.3 is 24.6 Å². The van der Waals surface area contributed by atoms with Gasteiger partial charge in [0.15, 0.2) is 11.5 Å². The Balaban J connectivity index is 1.90. The number of dihydropyridines is 1. The van der Waals surface area contributed by atoms with E-state index in [4.69, 9.17) is 14.2 Å². The number of carbonyl (C=O) groups excluding carboxylic acids is 2. The van der Waals surface area contributed by atoms with Crippen molar-refractivity contribution in [2.75, 3.05) is 20.8 Å². The Labute approximate surface area is 207 Å². The van der Waals surface area contributed by atoms with Crippen LogP contribution in [0.25, 0.3) is 6.08 Å². The Hall–Kier alpha value is -4.60. The molecular weight excluding hydrogens is 468 g/mol. The minimum atomic E-state index is -0.934. The Kier molecular flexibility index (Phi) is 8.11. The summed E-state index contributed by atoms with van der Waals surface area (Å²) in [7, 11) is 2.66. The molecular formula is C26H26N2O8. The van der Waals surface area contributed by atoms with Crippen molar-refractivity contribution in [3.05, 3.63) is 92.3 Å². The molecule has 0 aromatic heterocycles. The first-order chi connectivity index (χ1) is 17.2. The molecule has 1 aliphatic rings. The molecule has 0 bridgehead atoms. The highest BCUT2D eigenvalue weighted by molar-refractivity contribution is 6.00. The van der Waals surface area contributed by atoms with Crippen LogP contribution in [0.3, 0.4) is 0 Å². The summed E-state index contributed by atoms with van der Waals surface area (Å²) in [5, 5.41) is 24.1. The number of nitro groups is 1. The van der Waals surface area contributed by atoms with Gasteiger partial charge in [0.2, 0.25) is 0 Å². The summed E-state index contributed by atoms with van der Waals surface area (Å²) in [4.78, 5) is 36.7. The molecule has 0 saturated carbocycles. The number of aromatic hydroxyl groups is 1. The van der Waals surface area contributed by atoms with E-state index in [1.807, 2.05) is 0 Å². The van der Waals surface area contributed by atoms with Gasteiger partial charge in [-0.2, -0.15) is 0 Å². The van der Waals surface area contributed by atoms with Crippen molar-refractivity contribution >= 4 is 23.7 Å². The van der Waals surface area contributed by atoms with Crippen LogP contribution in [-0.4, -0.2) is 42.8 Å². The Morgan fingerprint density at radius 3 is 2.42 bits per heavy atom. The molecule has 0 fully saturated rings. The van der Waals surface area contributed by atoms with Crippen molar-refractivity contribution in [2.45, 2.75) is 19.8 Å². The molecule has 36 heavy (non-hydrogen) atoms. The number of hydrogen-bond donors (Lipinski definition) is 2. The molecule has 2 aromatic carbocycles. The summed E-state index contributed by atoms with van der Waals surface area (Å²) in [6.07, 6.45) is 3.30. The molecule has 1 aliphatic heterocycles. The molecule has 0 radical (unpaired) electrons. The van der Waals surface area contributed by atoms with Crippen LogP contribution in [0.4, 0.5) is 5.69 Å². The zero-order chi connectivity index (χ0) is 26.4. The maximum Gasteiger partial charge on any atom is 0.337 e. The lowest BCUT2D eigenvalue weighted by atomic mass is 9.80. The van der Waals surface area contributed by atoms with E-state index in [1.165, 1.54) is 38.5 Å². The molecule has 0 saturated heterocycles. The standard InChI is InChI=1S/C26H26N2O8/c1-15-22(25(30)35-4)24(18-8-5-9-19(14-18)28(32)33)23(16(2)27-15)26(31)36-12-6-7-17-10-11-20(29)21(13-17)34-3/h5-11,13-14,24,27,29H,12H2,1-4H3/b7-6+. The smallest absolute Gasteiger partial charge is 0.337 e. The second-order valence-corrected chi connectivity index (χ2v) is 7.91. The Bertz CT molecular complexity index is 1290. The summed E-state index contributed by atoms with van der Waals surface area (Å²) < 4.78 is 15.5. The molecule has 0 spiro atoms. The number of hydrogen-bond acceptors (Lipinski definition) is 9. The minimum Gasteiger partial charge on any atom is -0.504 e. The number of allylic oxidation sites excluding steroid dienone is 2. The van der Waals surface area contributed by atoms with Crippen molar-refractivity contribution in [3.8, 4) is 11.5 Å². The van der Waals surface area contributed by atoms with Gasteiger partial charge in [-0.05, 0) is 43.2 Å². The van der Waals surface area contributed by atoms with E-state index in [0.717, 1.165) is 5.56 Å². The second kappa shape index (κ2) is 11.2. The van der Waals surface area contributed by atoms with Gasteiger partial charge >= 0.3 is 11.9 Å². The van der Waals surface area contributed by atoms with Gasteiger partial charge in [-0.3, -0.25) is 10.1 Å². The van der Waals surface area contributed by atoms with E-state index in [0.29, 0.717) is 22.7 Å². The molecule has 1 heterocycles. The van der Waals surface area contributed by atoms with E-state index in [2.05, 4.69) is 5.32 Å². The lowest BCUT2D eigenvalue weighted by Gasteiger charge is -2.30. The number of esters is 2. The number of methoxy groups -OCH3 is 2. The first kappa shape index (κ1) is 26.0. The van der Waals surface area contributed by atoms with Crippen molar-refractivity contribution in [1.29, 1.82) is 0 Å². The van der Waals surface area contributed by atoms with E-state index < -0.39 is 22.8 Å². The maximum absolute atomic E-state index is 13.2. The summed E-state index contributed by atoms with van der Waals surface area (Å²) in [5.41, 5.74) is 2.14. The first-order valence-corrected chi connectivity index (χ1v) is 10.9. The fourth-order valence-electron chi connectivity index (χ4n) is 3.98. The molecule has 10 nitrogen and oxygen atoms in total. The number of benzene rings is 2. The van der Waals surface area contributed by atoms with Crippen LogP contribution in [0, 0.1) is 10.1 Å². The average molecular weight is 495 g/mol. The number of rotatable bonds is 8. The molecule has 0 aliphatic carbocycles. The van der Waals surface area contributed by atoms with Crippen LogP contribution in [-0.2, 0) is 19.1 Å². The number of non-ortho nitro benzene ring substituents is 1. The number of phenolic OH excluding ortho intramolecular Hbond substituents is 1. The monoisotopic (exact) mass is 494 g/mol. The summed E-state index contributed by atoms with van der Waals surface area (Å²) in [5.74, 6) is -1.99. The second-order valence-electron chi connectivity index (χ2n) is 7.91. The van der Waals surface area contributed by atoms with Gasteiger partial charge in [0.25, 0.3) is 5.69 Å². The van der Waals surface area contributed by atoms with Crippen LogP contribution in [0.15, 0.2) is 71.1 Å². The third kappa shape index (κ3) is 5.54. The molecule has 188 valence electrons. The van der Waals surface area contributed by atoms with Crippen LogP contribution in [0.2, 0.25) is 0 Å². The van der Waals surface area contributed by atoms with E-state index in [9.17, 15) is 24.8 Å². The van der Waals surface area contributed by atoms with Gasteiger partial charge in [-0.15, -0.1) is 0 Å². The minimum absolute atomic E-state index is 0.00485. The fraction of sp³-hybridized carbons (Fsp3) is 0.231. The first-order valence-electron chi connectivity index (χ1n) is 10.9. The van der Waals surface area contributed by atoms with Crippen LogP contribution in [0.5, 0.6) is 11.5 Å². The third-order valence-electron chi connectivity index (χ3n) is 5.62. The highest BCUT2D eigenvalue weighted by atomic mass is 16.6. The predicted octanol–water partition coefficient (Wildman–Crippen LogP) is 3.97. The molecule has 3 rings (SSSR count). The zero-order valence-electron chi connectivity index (χ0n) is 20.2. The molecule has 2 aromatic rings. The predicted molar refractivity (Wildman–Crippen MR) is 131 cm³/mol. The number of nitro benzene ring substituents is 1. The lowest BCUT2D eigenvalue weighted by Crippen LogP contribution is -2.32. The van der Waals surface area contributed by atoms with Crippen LogP contribution < -0.4 is 10.1 Å². The lowest BCUT2D eigenvalue weighted by molar-refractivity contribution is -0.384. The van der Waals surface area contributed by atoms with E-state index in [1.54, 1.807) is 44.2 Å². The van der Waals surface area contributed by atoms with Gasteiger partial charge in [-0.1, -0.05) is 24.3 Å². The zero-order valence-corrected chi connectivity index (χ0v) is 20.2. The topological polar surface area (TPSA) is 137 Å². The maximum atomic E-state index is 13.2. The summed E-state index contributed by atoms with van der Waals surface area (Å²) in [6, 6.07) is 10.5.